The first-order valence-corrected chi connectivity index (χ1v) is 5.78. The van der Waals surface area contributed by atoms with Crippen LogP contribution >= 0.6 is 0 Å². The molecule has 0 radical (unpaired) electrons. The molecule has 1 aromatic rings. The Kier molecular flexibility index (Phi) is 2.16. The first-order valence-electron chi connectivity index (χ1n) is 5.78. The van der Waals surface area contributed by atoms with Crippen molar-refractivity contribution in [3.05, 3.63) is 23.8 Å². The second-order valence-electron chi connectivity index (χ2n) is 5.02. The normalized spacial score (nSPS) is 24.1. The lowest BCUT2D eigenvalue weighted by Crippen LogP contribution is -2.27. The molecular formula is C13H15NO3. The average Bonchev–Trinajstić information content (AvgIpc) is 3.06. The van der Waals surface area contributed by atoms with Gasteiger partial charge in [0, 0.05) is 11.3 Å². The fourth-order valence-corrected chi connectivity index (χ4v) is 2.14. The van der Waals surface area contributed by atoms with Crippen molar-refractivity contribution in [2.45, 2.75) is 25.4 Å². The van der Waals surface area contributed by atoms with Crippen LogP contribution in [0.5, 0.6) is 5.75 Å². The maximum absolute atomic E-state index is 11.9. The van der Waals surface area contributed by atoms with Gasteiger partial charge in [0.05, 0.1) is 12.0 Å². The molecule has 1 aromatic carbocycles. The summed E-state index contributed by atoms with van der Waals surface area (Å²) in [6.45, 7) is 5.15. The predicted molar refractivity (Wildman–Crippen MR) is 63.3 cm³/mol. The lowest BCUT2D eigenvalue weighted by molar-refractivity contribution is -0.119. The average molecular weight is 233 g/mol. The summed E-state index contributed by atoms with van der Waals surface area (Å²) in [5.74, 6) is 0.799. The lowest BCUT2D eigenvalue weighted by atomic mass is 9.85. The Hall–Kier alpha value is -1.55. The number of nitrogens with one attached hydrogen (secondary N) is 1. The summed E-state index contributed by atoms with van der Waals surface area (Å²) in [5, 5.41) is 2.88. The van der Waals surface area contributed by atoms with Gasteiger partial charge in [0.25, 0.3) is 0 Å². The summed E-state index contributed by atoms with van der Waals surface area (Å²) in [6, 6.07) is 5.70. The van der Waals surface area contributed by atoms with Crippen molar-refractivity contribution in [2.75, 3.05) is 18.5 Å². The van der Waals surface area contributed by atoms with E-state index < -0.39 is 5.41 Å². The van der Waals surface area contributed by atoms with Crippen LogP contribution in [0.4, 0.5) is 5.69 Å². The van der Waals surface area contributed by atoms with Crippen LogP contribution in [0.25, 0.3) is 0 Å². The van der Waals surface area contributed by atoms with Crippen molar-refractivity contribution in [1.29, 1.82) is 0 Å². The van der Waals surface area contributed by atoms with Crippen LogP contribution in [0.2, 0.25) is 0 Å². The maximum Gasteiger partial charge on any atom is 0.234 e. The zero-order valence-electron chi connectivity index (χ0n) is 9.95. The predicted octanol–water partition coefficient (Wildman–Crippen LogP) is 1.69. The van der Waals surface area contributed by atoms with Crippen LogP contribution < -0.4 is 10.1 Å². The summed E-state index contributed by atoms with van der Waals surface area (Å²) in [5.41, 5.74) is 1.27. The van der Waals surface area contributed by atoms with Crippen molar-refractivity contribution in [2.24, 2.45) is 0 Å². The Bertz CT molecular complexity index is 478. The molecule has 0 spiro atoms. The molecule has 1 atom stereocenters. The molecule has 1 amide bonds. The Morgan fingerprint density at radius 3 is 3.00 bits per heavy atom. The largest absolute Gasteiger partial charge is 0.490 e. The first-order chi connectivity index (χ1) is 8.09. The molecule has 0 bridgehead atoms. The van der Waals surface area contributed by atoms with Gasteiger partial charge in [0.15, 0.2) is 0 Å². The molecule has 2 aliphatic heterocycles. The highest BCUT2D eigenvalue weighted by Crippen LogP contribution is 2.43. The van der Waals surface area contributed by atoms with E-state index in [0.29, 0.717) is 6.61 Å². The molecule has 2 aliphatic rings. The number of hydrogen-bond acceptors (Lipinski definition) is 3. The van der Waals surface area contributed by atoms with Gasteiger partial charge in [-0.05, 0) is 26.0 Å². The van der Waals surface area contributed by atoms with Crippen molar-refractivity contribution < 1.29 is 14.3 Å². The second kappa shape index (κ2) is 3.47. The Morgan fingerprint density at radius 2 is 2.29 bits per heavy atom. The Labute approximate surface area is 99.9 Å². The van der Waals surface area contributed by atoms with Gasteiger partial charge in [-0.25, -0.2) is 0 Å². The zero-order chi connectivity index (χ0) is 12.0. The van der Waals surface area contributed by atoms with Gasteiger partial charge in [-0.15, -0.1) is 0 Å². The fourth-order valence-electron chi connectivity index (χ4n) is 2.14. The van der Waals surface area contributed by atoms with Gasteiger partial charge >= 0.3 is 0 Å². The quantitative estimate of drug-likeness (QED) is 0.808. The van der Waals surface area contributed by atoms with E-state index in [-0.39, 0.29) is 12.0 Å². The third kappa shape index (κ3) is 1.69. The highest BCUT2D eigenvalue weighted by molar-refractivity contribution is 6.06. The van der Waals surface area contributed by atoms with Crippen molar-refractivity contribution >= 4 is 11.6 Å². The Balaban J connectivity index is 1.94. The maximum atomic E-state index is 11.9. The molecule has 1 fully saturated rings. The molecule has 17 heavy (non-hydrogen) atoms. The van der Waals surface area contributed by atoms with Crippen LogP contribution in [0.15, 0.2) is 18.2 Å². The van der Waals surface area contributed by atoms with Crippen molar-refractivity contribution in [1.82, 2.24) is 0 Å². The van der Waals surface area contributed by atoms with Crippen LogP contribution in [0.3, 0.4) is 0 Å². The summed E-state index contributed by atoms with van der Waals surface area (Å²) in [6.07, 6.45) is 0.221. The number of benzene rings is 1. The lowest BCUT2D eigenvalue weighted by Gasteiger charge is -2.18. The molecule has 0 unspecified atom stereocenters. The van der Waals surface area contributed by atoms with Gasteiger partial charge in [-0.2, -0.15) is 0 Å². The highest BCUT2D eigenvalue weighted by atomic mass is 16.6. The molecule has 90 valence electrons. The van der Waals surface area contributed by atoms with Crippen LogP contribution in [0.1, 0.15) is 19.4 Å². The minimum absolute atomic E-state index is 0.0196. The minimum Gasteiger partial charge on any atom is -0.490 e. The Morgan fingerprint density at radius 1 is 1.53 bits per heavy atom. The molecule has 0 aromatic heterocycles. The number of epoxide rings is 1. The zero-order valence-corrected chi connectivity index (χ0v) is 9.95. The van der Waals surface area contributed by atoms with Gasteiger partial charge in [0.2, 0.25) is 5.91 Å². The number of amides is 1. The second-order valence-corrected chi connectivity index (χ2v) is 5.02. The SMILES string of the molecule is CC1(C)C(=O)Nc2cccc(OC[C@@H]3CO3)c21. The van der Waals surface area contributed by atoms with Crippen LogP contribution in [-0.2, 0) is 14.9 Å². The van der Waals surface area contributed by atoms with Crippen LogP contribution in [-0.4, -0.2) is 25.2 Å². The van der Waals surface area contributed by atoms with Gasteiger partial charge in [0.1, 0.15) is 18.5 Å². The van der Waals surface area contributed by atoms with E-state index in [1.807, 2.05) is 32.0 Å². The number of carbonyl (C=O) groups excluding carboxylic acids is 1. The van der Waals surface area contributed by atoms with E-state index >= 15 is 0 Å². The molecule has 1 N–H and O–H groups in total. The minimum atomic E-state index is -0.531. The molecule has 2 heterocycles. The van der Waals surface area contributed by atoms with Crippen molar-refractivity contribution in [3.8, 4) is 5.75 Å². The summed E-state index contributed by atoms with van der Waals surface area (Å²) >= 11 is 0. The molecule has 0 saturated carbocycles. The van der Waals surface area contributed by atoms with Gasteiger partial charge in [-0.1, -0.05) is 6.07 Å². The molecular weight excluding hydrogens is 218 g/mol. The van der Waals surface area contributed by atoms with E-state index in [4.69, 9.17) is 9.47 Å². The number of hydrogen-bond donors (Lipinski definition) is 1. The first kappa shape index (κ1) is 10.6. The third-order valence-electron chi connectivity index (χ3n) is 3.29. The molecule has 3 rings (SSSR count). The van der Waals surface area contributed by atoms with Crippen LogP contribution in [0, 0.1) is 0 Å². The molecule has 4 heteroatoms. The van der Waals surface area contributed by atoms with E-state index in [0.717, 1.165) is 23.6 Å². The third-order valence-corrected chi connectivity index (χ3v) is 3.29. The smallest absolute Gasteiger partial charge is 0.234 e. The molecule has 0 aliphatic carbocycles. The summed E-state index contributed by atoms with van der Waals surface area (Å²) in [7, 11) is 0. The fraction of sp³-hybridized carbons (Fsp3) is 0.462. The van der Waals surface area contributed by atoms with Crippen molar-refractivity contribution in [3.63, 3.8) is 0 Å². The van der Waals surface area contributed by atoms with Gasteiger partial charge in [-0.3, -0.25) is 4.79 Å². The number of rotatable bonds is 3. The number of ether oxygens (including phenoxy) is 2. The molecule has 1 saturated heterocycles. The number of fused-ring (bicyclic) bond motifs is 1. The standard InChI is InChI=1S/C13H15NO3/c1-13(2)11-9(14-12(13)15)4-3-5-10(11)17-7-8-6-16-8/h3-5,8H,6-7H2,1-2H3,(H,14,15)/t8-/m0/s1. The highest BCUT2D eigenvalue weighted by Gasteiger charge is 2.41. The van der Waals surface area contributed by atoms with E-state index in [1.165, 1.54) is 0 Å². The summed E-state index contributed by atoms with van der Waals surface area (Å²) in [4.78, 5) is 11.9. The topological polar surface area (TPSA) is 50.9 Å². The molecule has 4 nitrogen and oxygen atoms in total. The summed E-state index contributed by atoms with van der Waals surface area (Å²) < 4.78 is 10.9. The number of carbonyl (C=O) groups is 1. The van der Waals surface area contributed by atoms with Gasteiger partial charge < -0.3 is 14.8 Å². The monoisotopic (exact) mass is 233 g/mol. The number of anilines is 1. The van der Waals surface area contributed by atoms with E-state index in [2.05, 4.69) is 5.32 Å². The van der Waals surface area contributed by atoms with E-state index in [9.17, 15) is 4.79 Å². The van der Waals surface area contributed by atoms with E-state index in [1.54, 1.807) is 0 Å².